The first-order chi connectivity index (χ1) is 7.65. The first kappa shape index (κ1) is 12.7. The molecule has 88 valence electrons. The van der Waals surface area contributed by atoms with Gasteiger partial charge < -0.3 is 15.6 Å². The van der Waals surface area contributed by atoms with Gasteiger partial charge in [0.15, 0.2) is 0 Å². The van der Waals surface area contributed by atoms with Gasteiger partial charge >= 0.3 is 5.97 Å². The molecule has 4 heteroatoms. The second-order valence-corrected chi connectivity index (χ2v) is 3.61. The quantitative estimate of drug-likeness (QED) is 0.730. The molecule has 1 aromatic rings. The van der Waals surface area contributed by atoms with E-state index in [4.69, 9.17) is 15.6 Å². The van der Waals surface area contributed by atoms with Crippen LogP contribution in [0, 0.1) is 0 Å². The number of carbonyl (C=O) groups excluding carboxylic acids is 1. The first-order valence-corrected chi connectivity index (χ1v) is 5.27. The van der Waals surface area contributed by atoms with Crippen LogP contribution in [0.4, 0.5) is 0 Å². The molecule has 0 radical (unpaired) electrons. The Balaban J connectivity index is 2.51. The van der Waals surface area contributed by atoms with Crippen LogP contribution in [0.3, 0.4) is 0 Å². The summed E-state index contributed by atoms with van der Waals surface area (Å²) in [6.07, 6.45) is -0.0983. The molecule has 2 atom stereocenters. The van der Waals surface area contributed by atoms with E-state index >= 15 is 0 Å². The van der Waals surface area contributed by atoms with Crippen LogP contribution in [0.2, 0.25) is 0 Å². The topological polar surface area (TPSA) is 72.5 Å². The van der Waals surface area contributed by atoms with Gasteiger partial charge in [0.25, 0.3) is 0 Å². The zero-order chi connectivity index (χ0) is 12.0. The third-order valence-corrected chi connectivity index (χ3v) is 2.30. The third kappa shape index (κ3) is 3.64. The summed E-state index contributed by atoms with van der Waals surface area (Å²) in [6.45, 7) is 1.68. The van der Waals surface area contributed by atoms with Crippen molar-refractivity contribution in [2.24, 2.45) is 5.73 Å². The van der Waals surface area contributed by atoms with Crippen molar-refractivity contribution in [1.82, 2.24) is 0 Å². The van der Waals surface area contributed by atoms with Crippen LogP contribution in [0.15, 0.2) is 30.3 Å². The number of aliphatic hydroxyl groups excluding tert-OH is 1. The number of esters is 1. The Hall–Kier alpha value is -1.39. The lowest BCUT2D eigenvalue weighted by atomic mass is 10.1. The minimum absolute atomic E-state index is 0.115. The summed E-state index contributed by atoms with van der Waals surface area (Å²) in [5.74, 6) is -0.481. The van der Waals surface area contributed by atoms with Crippen LogP contribution in [0.1, 0.15) is 25.0 Å². The summed E-state index contributed by atoms with van der Waals surface area (Å²) >= 11 is 0. The highest BCUT2D eigenvalue weighted by molar-refractivity contribution is 5.75. The molecule has 0 saturated carbocycles. The van der Waals surface area contributed by atoms with Crippen LogP contribution in [-0.2, 0) is 9.53 Å². The number of hydrogen-bond donors (Lipinski definition) is 2. The zero-order valence-electron chi connectivity index (χ0n) is 9.30. The van der Waals surface area contributed by atoms with Crippen LogP contribution in [0.25, 0.3) is 0 Å². The monoisotopic (exact) mass is 223 g/mol. The van der Waals surface area contributed by atoms with Crippen molar-refractivity contribution >= 4 is 5.97 Å². The van der Waals surface area contributed by atoms with Crippen molar-refractivity contribution < 1.29 is 14.6 Å². The molecule has 16 heavy (non-hydrogen) atoms. The van der Waals surface area contributed by atoms with Crippen LogP contribution >= 0.6 is 0 Å². The van der Waals surface area contributed by atoms with Crippen LogP contribution in [0.5, 0.6) is 0 Å². The Morgan fingerprint density at radius 1 is 1.44 bits per heavy atom. The lowest BCUT2D eigenvalue weighted by Crippen LogP contribution is -2.33. The molecule has 0 aromatic heterocycles. The van der Waals surface area contributed by atoms with E-state index in [1.807, 2.05) is 30.3 Å². The van der Waals surface area contributed by atoms with Crippen molar-refractivity contribution in [3.63, 3.8) is 0 Å². The lowest BCUT2D eigenvalue weighted by Gasteiger charge is -2.16. The molecule has 0 bridgehead atoms. The molecule has 0 aliphatic heterocycles. The Labute approximate surface area is 95.0 Å². The lowest BCUT2D eigenvalue weighted by molar-refractivity contribution is -0.150. The largest absolute Gasteiger partial charge is 0.457 e. The molecule has 1 rings (SSSR count). The van der Waals surface area contributed by atoms with Crippen LogP contribution in [-0.4, -0.2) is 23.7 Å². The van der Waals surface area contributed by atoms with Gasteiger partial charge in [0.05, 0.1) is 0 Å². The first-order valence-electron chi connectivity index (χ1n) is 5.27. The van der Waals surface area contributed by atoms with E-state index in [9.17, 15) is 4.79 Å². The molecule has 0 fully saturated rings. The van der Waals surface area contributed by atoms with E-state index in [0.717, 1.165) is 5.56 Å². The summed E-state index contributed by atoms with van der Waals surface area (Å²) in [7, 11) is 0. The molecule has 0 heterocycles. The highest BCUT2D eigenvalue weighted by Gasteiger charge is 2.17. The van der Waals surface area contributed by atoms with Gasteiger partial charge in [-0.15, -0.1) is 0 Å². The summed E-state index contributed by atoms with van der Waals surface area (Å²) in [4.78, 5) is 11.5. The molecule has 3 N–H and O–H groups in total. The summed E-state index contributed by atoms with van der Waals surface area (Å²) in [6, 6.07) is 8.68. The van der Waals surface area contributed by atoms with Crippen molar-refractivity contribution in [3.8, 4) is 0 Å². The van der Waals surface area contributed by atoms with Crippen molar-refractivity contribution in [2.75, 3.05) is 6.61 Å². The number of hydrogen-bond acceptors (Lipinski definition) is 4. The molecule has 1 aromatic carbocycles. The van der Waals surface area contributed by atoms with Crippen molar-refractivity contribution in [3.05, 3.63) is 35.9 Å². The number of nitrogens with two attached hydrogens (primary N) is 1. The third-order valence-electron chi connectivity index (χ3n) is 2.30. The maximum atomic E-state index is 11.5. The average molecular weight is 223 g/mol. The van der Waals surface area contributed by atoms with Gasteiger partial charge in [-0.1, -0.05) is 30.3 Å². The molecule has 0 spiro atoms. The van der Waals surface area contributed by atoms with E-state index in [0.29, 0.717) is 0 Å². The van der Waals surface area contributed by atoms with Gasteiger partial charge in [0.2, 0.25) is 0 Å². The number of benzene rings is 1. The molecular formula is C12H17NO3. The van der Waals surface area contributed by atoms with Gasteiger partial charge in [-0.25, -0.2) is 0 Å². The fraction of sp³-hybridized carbons (Fsp3) is 0.417. The van der Waals surface area contributed by atoms with Gasteiger partial charge in [-0.05, 0) is 18.9 Å². The highest BCUT2D eigenvalue weighted by atomic mass is 16.5. The summed E-state index contributed by atoms with van der Waals surface area (Å²) < 4.78 is 5.18. The predicted octanol–water partition coefficient (Wildman–Crippen LogP) is 1.00. The van der Waals surface area contributed by atoms with Crippen molar-refractivity contribution in [2.45, 2.75) is 25.5 Å². The molecule has 0 amide bonds. The second kappa shape index (κ2) is 6.25. The smallest absolute Gasteiger partial charge is 0.323 e. The second-order valence-electron chi connectivity index (χ2n) is 3.61. The van der Waals surface area contributed by atoms with E-state index < -0.39 is 12.0 Å². The Morgan fingerprint density at radius 2 is 2.06 bits per heavy atom. The minimum Gasteiger partial charge on any atom is -0.457 e. The average Bonchev–Trinajstić information content (AvgIpc) is 2.30. The van der Waals surface area contributed by atoms with Gasteiger partial charge in [-0.2, -0.15) is 0 Å². The maximum absolute atomic E-state index is 11.5. The van der Waals surface area contributed by atoms with E-state index in [-0.39, 0.29) is 19.1 Å². The number of carbonyl (C=O) groups is 1. The molecule has 0 aliphatic carbocycles. The highest BCUT2D eigenvalue weighted by Crippen LogP contribution is 2.16. The van der Waals surface area contributed by atoms with E-state index in [1.165, 1.54) is 0 Å². The summed E-state index contributed by atoms with van der Waals surface area (Å²) in [5, 5.41) is 8.65. The molecule has 0 aliphatic rings. The normalized spacial score (nSPS) is 14.2. The maximum Gasteiger partial charge on any atom is 0.323 e. The Bertz CT molecular complexity index is 326. The van der Waals surface area contributed by atoms with E-state index in [1.54, 1.807) is 6.92 Å². The van der Waals surface area contributed by atoms with Crippen molar-refractivity contribution in [1.29, 1.82) is 0 Å². The van der Waals surface area contributed by atoms with Gasteiger partial charge in [-0.3, -0.25) is 4.79 Å². The zero-order valence-corrected chi connectivity index (χ0v) is 9.30. The number of rotatable bonds is 5. The molecular weight excluding hydrogens is 206 g/mol. The predicted molar refractivity (Wildman–Crippen MR) is 60.6 cm³/mol. The fourth-order valence-corrected chi connectivity index (χ4v) is 1.31. The standard InChI is InChI=1S/C12H17NO3/c1-9(10-5-3-2-4-6-10)16-12(15)11(13)7-8-14/h2-6,9,11,14H,7-8,13H2,1H3/t9?,11-/m1/s1. The van der Waals surface area contributed by atoms with Gasteiger partial charge in [0.1, 0.15) is 12.1 Å². The number of aliphatic hydroxyl groups is 1. The summed E-state index contributed by atoms with van der Waals surface area (Å²) in [5.41, 5.74) is 6.44. The van der Waals surface area contributed by atoms with E-state index in [2.05, 4.69) is 0 Å². The fourth-order valence-electron chi connectivity index (χ4n) is 1.31. The number of ether oxygens (including phenoxy) is 1. The van der Waals surface area contributed by atoms with Crippen LogP contribution < -0.4 is 5.73 Å². The Kier molecular flexibility index (Phi) is 4.95. The molecule has 4 nitrogen and oxygen atoms in total. The van der Waals surface area contributed by atoms with Gasteiger partial charge in [0, 0.05) is 6.61 Å². The molecule has 1 unspecified atom stereocenters. The minimum atomic E-state index is -0.754. The Morgan fingerprint density at radius 3 is 2.62 bits per heavy atom. The SMILES string of the molecule is CC(OC(=O)[C@H](N)CCO)c1ccccc1. The molecule has 0 saturated heterocycles.